The van der Waals surface area contributed by atoms with Gasteiger partial charge in [-0.3, -0.25) is 0 Å². The molecule has 0 aromatic heterocycles. The molecule has 0 amide bonds. The largest absolute Gasteiger partial charge is 0.398 e. The number of nitrogens with two attached hydrogens (primary N) is 1. The van der Waals surface area contributed by atoms with E-state index in [1.54, 1.807) is 0 Å². The third-order valence-electron chi connectivity index (χ3n) is 3.25. The van der Waals surface area contributed by atoms with E-state index in [2.05, 4.69) is 11.6 Å². The molecule has 0 spiro atoms. The van der Waals surface area contributed by atoms with E-state index in [0.717, 1.165) is 17.7 Å². The van der Waals surface area contributed by atoms with Crippen LogP contribution in [0.4, 0.5) is 5.69 Å². The monoisotopic (exact) mass is 300 g/mol. The fourth-order valence-electron chi connectivity index (χ4n) is 2.18. The summed E-state index contributed by atoms with van der Waals surface area (Å²) in [6, 6.07) is 7.65. The number of para-hydroxylation sites is 1. The molecule has 0 bridgehead atoms. The van der Waals surface area contributed by atoms with Gasteiger partial charge in [0.2, 0.25) is 10.0 Å². The Hall–Kier alpha value is -0.720. The first-order valence-electron chi connectivity index (χ1n) is 6.43. The van der Waals surface area contributed by atoms with E-state index in [4.69, 9.17) is 5.73 Å². The molecule has 1 saturated carbocycles. The average Bonchev–Trinajstić information content (AvgIpc) is 2.29. The maximum absolute atomic E-state index is 11.9. The number of rotatable bonds is 6. The Morgan fingerprint density at radius 3 is 2.68 bits per heavy atom. The van der Waals surface area contributed by atoms with Crippen LogP contribution in [0.15, 0.2) is 29.2 Å². The fraction of sp³-hybridized carbons (Fsp3) is 0.538. The van der Waals surface area contributed by atoms with Gasteiger partial charge in [0.1, 0.15) is 0 Å². The SMILES string of the molecule is CC1CC(NS(=O)(=O)CCSc2ccccc2N)C1. The van der Waals surface area contributed by atoms with E-state index >= 15 is 0 Å². The van der Waals surface area contributed by atoms with Crippen LogP contribution in [0.2, 0.25) is 0 Å². The Bertz CT molecular complexity index is 525. The molecule has 4 nitrogen and oxygen atoms in total. The van der Waals surface area contributed by atoms with Crippen molar-refractivity contribution < 1.29 is 8.42 Å². The van der Waals surface area contributed by atoms with Crippen LogP contribution in [0.3, 0.4) is 0 Å². The van der Waals surface area contributed by atoms with Gasteiger partial charge in [0.05, 0.1) is 5.75 Å². The summed E-state index contributed by atoms with van der Waals surface area (Å²) < 4.78 is 26.5. The molecule has 1 aliphatic carbocycles. The summed E-state index contributed by atoms with van der Waals surface area (Å²) in [5.41, 5.74) is 6.51. The minimum absolute atomic E-state index is 0.136. The van der Waals surface area contributed by atoms with E-state index in [9.17, 15) is 8.42 Å². The molecule has 1 fully saturated rings. The predicted octanol–water partition coefficient (Wildman–Crippen LogP) is 2.08. The molecule has 3 N–H and O–H groups in total. The number of nitrogen functional groups attached to an aromatic ring is 1. The zero-order valence-corrected chi connectivity index (χ0v) is 12.6. The standard InChI is InChI=1S/C13H20N2O2S2/c1-10-8-11(9-10)15-19(16,17)7-6-18-13-5-3-2-4-12(13)14/h2-5,10-11,15H,6-9,14H2,1H3. The summed E-state index contributed by atoms with van der Waals surface area (Å²) in [5, 5.41) is 0. The van der Waals surface area contributed by atoms with Crippen LogP contribution in [0.5, 0.6) is 0 Å². The topological polar surface area (TPSA) is 72.2 Å². The molecule has 106 valence electrons. The number of sulfonamides is 1. The van der Waals surface area contributed by atoms with Crippen LogP contribution in [-0.2, 0) is 10.0 Å². The van der Waals surface area contributed by atoms with Crippen LogP contribution in [0.1, 0.15) is 19.8 Å². The summed E-state index contributed by atoms with van der Waals surface area (Å²) in [4.78, 5) is 0.940. The lowest BCUT2D eigenvalue weighted by atomic mass is 9.83. The van der Waals surface area contributed by atoms with Crippen molar-refractivity contribution in [1.29, 1.82) is 0 Å². The zero-order chi connectivity index (χ0) is 13.9. The first-order valence-corrected chi connectivity index (χ1v) is 9.07. The van der Waals surface area contributed by atoms with E-state index in [1.807, 2.05) is 24.3 Å². The number of thioether (sulfide) groups is 1. The molecular formula is C13H20N2O2S2. The Labute approximate surface area is 119 Å². The molecule has 1 aromatic carbocycles. The molecule has 2 rings (SSSR count). The minimum Gasteiger partial charge on any atom is -0.398 e. The third-order valence-corrected chi connectivity index (χ3v) is 6.03. The van der Waals surface area contributed by atoms with Crippen molar-refractivity contribution in [3.63, 3.8) is 0 Å². The normalized spacial score (nSPS) is 23.0. The smallest absolute Gasteiger partial charge is 0.212 e. The Kier molecular flexibility index (Phi) is 4.76. The zero-order valence-electron chi connectivity index (χ0n) is 11.0. The second-order valence-electron chi connectivity index (χ2n) is 5.10. The molecule has 0 heterocycles. The van der Waals surface area contributed by atoms with Crippen molar-refractivity contribution in [3.05, 3.63) is 24.3 Å². The Morgan fingerprint density at radius 2 is 2.05 bits per heavy atom. The highest BCUT2D eigenvalue weighted by molar-refractivity contribution is 8.00. The molecule has 0 radical (unpaired) electrons. The van der Waals surface area contributed by atoms with Crippen molar-refractivity contribution in [1.82, 2.24) is 4.72 Å². The van der Waals surface area contributed by atoms with Gasteiger partial charge in [-0.1, -0.05) is 19.1 Å². The van der Waals surface area contributed by atoms with Crippen LogP contribution in [0.25, 0.3) is 0 Å². The molecule has 6 heteroatoms. The van der Waals surface area contributed by atoms with Crippen molar-refractivity contribution in [2.24, 2.45) is 5.92 Å². The van der Waals surface area contributed by atoms with Crippen LogP contribution in [0, 0.1) is 5.92 Å². The second kappa shape index (κ2) is 6.15. The number of nitrogens with one attached hydrogen (secondary N) is 1. The Balaban J connectivity index is 1.77. The van der Waals surface area contributed by atoms with Gasteiger partial charge in [0.25, 0.3) is 0 Å². The van der Waals surface area contributed by atoms with Gasteiger partial charge in [0, 0.05) is 22.4 Å². The quantitative estimate of drug-likeness (QED) is 0.623. The van der Waals surface area contributed by atoms with Gasteiger partial charge in [-0.25, -0.2) is 13.1 Å². The maximum Gasteiger partial charge on any atom is 0.212 e. The van der Waals surface area contributed by atoms with Gasteiger partial charge < -0.3 is 5.73 Å². The first-order chi connectivity index (χ1) is 8.96. The van der Waals surface area contributed by atoms with Gasteiger partial charge in [0.15, 0.2) is 0 Å². The van der Waals surface area contributed by atoms with Crippen molar-refractivity contribution in [2.45, 2.75) is 30.7 Å². The lowest BCUT2D eigenvalue weighted by Crippen LogP contribution is -2.44. The Morgan fingerprint density at radius 1 is 1.37 bits per heavy atom. The predicted molar refractivity (Wildman–Crippen MR) is 80.7 cm³/mol. The number of anilines is 1. The molecule has 1 aliphatic rings. The lowest BCUT2D eigenvalue weighted by molar-refractivity contribution is 0.270. The number of hydrogen-bond donors (Lipinski definition) is 2. The second-order valence-corrected chi connectivity index (χ2v) is 8.11. The van der Waals surface area contributed by atoms with Gasteiger partial charge in [-0.15, -0.1) is 11.8 Å². The van der Waals surface area contributed by atoms with Gasteiger partial charge >= 0.3 is 0 Å². The highest BCUT2D eigenvalue weighted by Gasteiger charge is 2.28. The molecule has 19 heavy (non-hydrogen) atoms. The van der Waals surface area contributed by atoms with E-state index < -0.39 is 10.0 Å². The summed E-state index contributed by atoms with van der Waals surface area (Å²) in [6.45, 7) is 2.14. The summed E-state index contributed by atoms with van der Waals surface area (Å²) in [5.74, 6) is 1.30. The molecule has 0 atom stereocenters. The molecule has 0 unspecified atom stereocenters. The molecule has 1 aromatic rings. The van der Waals surface area contributed by atoms with E-state index in [-0.39, 0.29) is 11.8 Å². The summed E-state index contributed by atoms with van der Waals surface area (Å²) >= 11 is 1.48. The summed E-state index contributed by atoms with van der Waals surface area (Å²) in [7, 11) is -3.16. The molecule has 0 saturated heterocycles. The van der Waals surface area contributed by atoms with Gasteiger partial charge in [-0.2, -0.15) is 0 Å². The van der Waals surface area contributed by atoms with Crippen LogP contribution < -0.4 is 10.5 Å². The minimum atomic E-state index is -3.16. The van der Waals surface area contributed by atoms with Crippen molar-refractivity contribution in [2.75, 3.05) is 17.2 Å². The third kappa shape index (κ3) is 4.40. The fourth-order valence-corrected chi connectivity index (χ4v) is 4.84. The van der Waals surface area contributed by atoms with Crippen LogP contribution in [-0.4, -0.2) is 26.0 Å². The van der Waals surface area contributed by atoms with Crippen LogP contribution >= 0.6 is 11.8 Å². The first kappa shape index (κ1) is 14.7. The number of hydrogen-bond acceptors (Lipinski definition) is 4. The van der Waals surface area contributed by atoms with Gasteiger partial charge in [-0.05, 0) is 30.9 Å². The summed E-state index contributed by atoms with van der Waals surface area (Å²) in [6.07, 6.45) is 1.91. The highest BCUT2D eigenvalue weighted by atomic mass is 32.2. The molecule has 0 aliphatic heterocycles. The maximum atomic E-state index is 11.9. The molecular weight excluding hydrogens is 280 g/mol. The lowest BCUT2D eigenvalue weighted by Gasteiger charge is -2.32. The van der Waals surface area contributed by atoms with Crippen molar-refractivity contribution in [3.8, 4) is 0 Å². The number of benzene rings is 1. The van der Waals surface area contributed by atoms with Crippen molar-refractivity contribution >= 4 is 27.5 Å². The van der Waals surface area contributed by atoms with E-state index in [0.29, 0.717) is 17.4 Å². The highest BCUT2D eigenvalue weighted by Crippen LogP contribution is 2.27. The van der Waals surface area contributed by atoms with E-state index in [1.165, 1.54) is 11.8 Å². The average molecular weight is 300 g/mol.